The van der Waals surface area contributed by atoms with E-state index < -0.39 is 0 Å². The number of para-hydroxylation sites is 1. The van der Waals surface area contributed by atoms with Crippen molar-refractivity contribution in [3.8, 4) is 0 Å². The standard InChI is InChI=1S/C18H18ClN3O/c1-11(13-7-3-5-9-15(13)19)20-12(2)17-21-16-10-6-4-8-14(16)18(23)22-17/h3-12,20H,1-2H3,(H,21,22,23)/t11-,12+/m0/s1. The molecule has 0 bridgehead atoms. The van der Waals surface area contributed by atoms with Gasteiger partial charge in [0.2, 0.25) is 0 Å². The Kier molecular flexibility index (Phi) is 4.46. The van der Waals surface area contributed by atoms with Crippen LogP contribution in [0.2, 0.25) is 5.02 Å². The van der Waals surface area contributed by atoms with Crippen LogP contribution >= 0.6 is 11.6 Å². The number of fused-ring (bicyclic) bond motifs is 1. The minimum absolute atomic E-state index is 0.0375. The highest BCUT2D eigenvalue weighted by molar-refractivity contribution is 6.31. The van der Waals surface area contributed by atoms with Crippen LogP contribution in [0.3, 0.4) is 0 Å². The summed E-state index contributed by atoms with van der Waals surface area (Å²) in [7, 11) is 0. The van der Waals surface area contributed by atoms with Crippen molar-refractivity contribution in [1.29, 1.82) is 0 Å². The average Bonchev–Trinajstić information content (AvgIpc) is 2.55. The summed E-state index contributed by atoms with van der Waals surface area (Å²) in [6.07, 6.45) is 0. The molecule has 0 saturated carbocycles. The lowest BCUT2D eigenvalue weighted by Crippen LogP contribution is -2.26. The van der Waals surface area contributed by atoms with Crippen molar-refractivity contribution in [2.75, 3.05) is 0 Å². The molecule has 118 valence electrons. The zero-order valence-electron chi connectivity index (χ0n) is 13.0. The molecule has 0 unspecified atom stereocenters. The fourth-order valence-electron chi connectivity index (χ4n) is 2.68. The lowest BCUT2D eigenvalue weighted by molar-refractivity contribution is 0.477. The van der Waals surface area contributed by atoms with E-state index in [1.807, 2.05) is 56.3 Å². The Morgan fingerprint density at radius 2 is 1.74 bits per heavy atom. The van der Waals surface area contributed by atoms with E-state index in [0.717, 1.165) is 10.6 Å². The first-order chi connectivity index (χ1) is 11.1. The molecule has 1 aromatic heterocycles. The Morgan fingerprint density at radius 1 is 1.04 bits per heavy atom. The van der Waals surface area contributed by atoms with Crippen molar-refractivity contribution < 1.29 is 0 Å². The van der Waals surface area contributed by atoms with Gasteiger partial charge in [-0.1, -0.05) is 41.9 Å². The molecule has 0 fully saturated rings. The first-order valence-electron chi connectivity index (χ1n) is 7.55. The molecule has 0 amide bonds. The van der Waals surface area contributed by atoms with Crippen LogP contribution in [0.1, 0.15) is 37.3 Å². The molecule has 2 N–H and O–H groups in total. The Labute approximate surface area is 139 Å². The number of H-pyrrole nitrogens is 1. The molecule has 0 spiro atoms. The largest absolute Gasteiger partial charge is 0.309 e. The molecule has 2 atom stereocenters. The van der Waals surface area contributed by atoms with Crippen LogP contribution in [-0.2, 0) is 0 Å². The second kappa shape index (κ2) is 6.52. The molecule has 3 rings (SSSR count). The fourth-order valence-corrected chi connectivity index (χ4v) is 2.98. The third-order valence-corrected chi connectivity index (χ3v) is 4.26. The van der Waals surface area contributed by atoms with Crippen LogP contribution in [0.5, 0.6) is 0 Å². The second-order valence-electron chi connectivity index (χ2n) is 5.60. The maximum absolute atomic E-state index is 12.2. The van der Waals surface area contributed by atoms with Gasteiger partial charge in [-0.15, -0.1) is 0 Å². The van der Waals surface area contributed by atoms with Crippen molar-refractivity contribution in [1.82, 2.24) is 15.3 Å². The molecular formula is C18H18ClN3O. The summed E-state index contributed by atoms with van der Waals surface area (Å²) in [5.74, 6) is 0.618. The molecule has 0 saturated heterocycles. The topological polar surface area (TPSA) is 57.8 Å². The number of aromatic amines is 1. The number of nitrogens with one attached hydrogen (secondary N) is 2. The summed E-state index contributed by atoms with van der Waals surface area (Å²) in [5, 5.41) is 4.75. The quantitative estimate of drug-likeness (QED) is 0.761. The maximum atomic E-state index is 12.2. The van der Waals surface area contributed by atoms with Crippen molar-refractivity contribution in [3.05, 3.63) is 75.3 Å². The van der Waals surface area contributed by atoms with Gasteiger partial charge in [0.05, 0.1) is 16.9 Å². The van der Waals surface area contributed by atoms with Crippen LogP contribution in [0.4, 0.5) is 0 Å². The van der Waals surface area contributed by atoms with Gasteiger partial charge in [-0.25, -0.2) is 4.98 Å². The molecule has 4 nitrogen and oxygen atoms in total. The number of hydrogen-bond acceptors (Lipinski definition) is 3. The molecule has 0 radical (unpaired) electrons. The third kappa shape index (κ3) is 3.28. The Bertz CT molecular complexity index is 891. The Hall–Kier alpha value is -2.17. The number of hydrogen-bond donors (Lipinski definition) is 2. The third-order valence-electron chi connectivity index (χ3n) is 3.91. The van der Waals surface area contributed by atoms with Crippen molar-refractivity contribution >= 4 is 22.5 Å². The van der Waals surface area contributed by atoms with Gasteiger partial charge >= 0.3 is 0 Å². The number of nitrogens with zero attached hydrogens (tertiary/aromatic N) is 1. The summed E-state index contributed by atoms with van der Waals surface area (Å²) in [5.41, 5.74) is 1.60. The number of rotatable bonds is 4. The maximum Gasteiger partial charge on any atom is 0.258 e. The number of aromatic nitrogens is 2. The van der Waals surface area contributed by atoms with E-state index in [0.29, 0.717) is 16.7 Å². The average molecular weight is 328 g/mol. The monoisotopic (exact) mass is 327 g/mol. The van der Waals surface area contributed by atoms with E-state index in [1.165, 1.54) is 0 Å². The van der Waals surface area contributed by atoms with Gasteiger partial charge in [0, 0.05) is 11.1 Å². The van der Waals surface area contributed by atoms with Crippen LogP contribution in [0.15, 0.2) is 53.3 Å². The van der Waals surface area contributed by atoms with E-state index in [-0.39, 0.29) is 17.6 Å². The van der Waals surface area contributed by atoms with E-state index in [1.54, 1.807) is 6.07 Å². The normalized spacial score (nSPS) is 13.9. The van der Waals surface area contributed by atoms with E-state index >= 15 is 0 Å². The molecule has 5 heteroatoms. The summed E-state index contributed by atoms with van der Waals surface area (Å²) in [6.45, 7) is 4.01. The lowest BCUT2D eigenvalue weighted by Gasteiger charge is -2.20. The Morgan fingerprint density at radius 3 is 2.52 bits per heavy atom. The summed E-state index contributed by atoms with van der Waals surface area (Å²) < 4.78 is 0. The highest BCUT2D eigenvalue weighted by atomic mass is 35.5. The van der Waals surface area contributed by atoms with E-state index in [2.05, 4.69) is 15.3 Å². The van der Waals surface area contributed by atoms with Crippen molar-refractivity contribution in [2.24, 2.45) is 0 Å². The van der Waals surface area contributed by atoms with Crippen molar-refractivity contribution in [3.63, 3.8) is 0 Å². The SMILES string of the molecule is C[C@H](N[C@H](C)c1nc2ccccc2c(=O)[nH]1)c1ccccc1Cl. The second-order valence-corrected chi connectivity index (χ2v) is 6.01. The van der Waals surface area contributed by atoms with Gasteiger partial charge in [-0.2, -0.15) is 0 Å². The van der Waals surface area contributed by atoms with Gasteiger partial charge in [0.1, 0.15) is 5.82 Å². The first-order valence-corrected chi connectivity index (χ1v) is 7.93. The van der Waals surface area contributed by atoms with Crippen LogP contribution in [-0.4, -0.2) is 9.97 Å². The highest BCUT2D eigenvalue weighted by Gasteiger charge is 2.15. The zero-order valence-corrected chi connectivity index (χ0v) is 13.8. The smallest absolute Gasteiger partial charge is 0.258 e. The molecule has 3 aromatic rings. The van der Waals surface area contributed by atoms with Gasteiger partial charge in [-0.3, -0.25) is 4.79 Å². The fraction of sp³-hybridized carbons (Fsp3) is 0.222. The minimum atomic E-state index is -0.121. The molecule has 23 heavy (non-hydrogen) atoms. The number of halogens is 1. The highest BCUT2D eigenvalue weighted by Crippen LogP contribution is 2.24. The molecule has 0 aliphatic carbocycles. The van der Waals surface area contributed by atoms with Crippen LogP contribution < -0.4 is 10.9 Å². The Balaban J connectivity index is 1.87. The molecule has 2 aromatic carbocycles. The predicted octanol–water partition coefficient (Wildman–Crippen LogP) is 3.99. The lowest BCUT2D eigenvalue weighted by atomic mass is 10.1. The minimum Gasteiger partial charge on any atom is -0.309 e. The number of benzene rings is 2. The first kappa shape index (κ1) is 15.7. The summed E-state index contributed by atoms with van der Waals surface area (Å²) in [4.78, 5) is 19.6. The zero-order chi connectivity index (χ0) is 16.4. The summed E-state index contributed by atoms with van der Waals surface area (Å²) >= 11 is 6.24. The van der Waals surface area contributed by atoms with Gasteiger partial charge in [0.25, 0.3) is 5.56 Å². The van der Waals surface area contributed by atoms with Gasteiger partial charge in [0.15, 0.2) is 0 Å². The van der Waals surface area contributed by atoms with E-state index in [4.69, 9.17) is 11.6 Å². The van der Waals surface area contributed by atoms with Gasteiger partial charge < -0.3 is 10.3 Å². The molecule has 0 aliphatic heterocycles. The van der Waals surface area contributed by atoms with Gasteiger partial charge in [-0.05, 0) is 37.6 Å². The van der Waals surface area contributed by atoms with Crippen LogP contribution in [0, 0.1) is 0 Å². The predicted molar refractivity (Wildman–Crippen MR) is 93.8 cm³/mol. The molecule has 1 heterocycles. The van der Waals surface area contributed by atoms with Crippen LogP contribution in [0.25, 0.3) is 10.9 Å². The molecular weight excluding hydrogens is 310 g/mol. The molecule has 0 aliphatic rings. The van der Waals surface area contributed by atoms with E-state index in [9.17, 15) is 4.79 Å². The van der Waals surface area contributed by atoms with Crippen molar-refractivity contribution in [2.45, 2.75) is 25.9 Å². The summed E-state index contributed by atoms with van der Waals surface area (Å²) in [6, 6.07) is 15.0.